The lowest BCUT2D eigenvalue weighted by molar-refractivity contribution is -0.0847. The van der Waals surface area contributed by atoms with E-state index in [4.69, 9.17) is 0 Å². The highest BCUT2D eigenvalue weighted by atomic mass is 32.2. The molecule has 2 fully saturated rings. The molecule has 3 aromatic rings. The number of benzene rings is 1. The molecule has 1 atom stereocenters. The third-order valence-corrected chi connectivity index (χ3v) is 10.2. The number of rotatable bonds is 8. The molecular formula is C30H37F2N5O3S. The van der Waals surface area contributed by atoms with Gasteiger partial charge >= 0.3 is 0 Å². The van der Waals surface area contributed by atoms with Crippen molar-refractivity contribution < 1.29 is 17.2 Å². The number of sulfone groups is 1. The number of halogens is 2. The van der Waals surface area contributed by atoms with Crippen molar-refractivity contribution in [1.82, 2.24) is 19.9 Å². The number of pyridine rings is 1. The molecule has 41 heavy (non-hydrogen) atoms. The van der Waals surface area contributed by atoms with Crippen molar-refractivity contribution in [2.45, 2.75) is 57.4 Å². The molecule has 11 heteroatoms. The molecule has 0 spiro atoms. The molecule has 2 aliphatic heterocycles. The van der Waals surface area contributed by atoms with E-state index in [1.807, 2.05) is 13.0 Å². The molecule has 1 unspecified atom stereocenters. The minimum Gasteiger partial charge on any atom is -0.363 e. The standard InChI is InChI=1S/C30H37F2N5O3S/c1-4-12-37-13-8-23(9-14-37)30(31,32)24-7-5-6-22(17-24)19(2)33-27-26-18-25(21-10-15-41(39,40)16-11-21)29(38)36-28(26)35-20(3)34-27/h4-7,17-19,21,23H,1,8-16H2,2-3H3,(H2,33,34,35,36,38). The van der Waals surface area contributed by atoms with Gasteiger partial charge in [-0.2, -0.15) is 0 Å². The average molecular weight is 586 g/mol. The number of piperidine rings is 1. The molecule has 0 bridgehead atoms. The van der Waals surface area contributed by atoms with Crippen LogP contribution in [-0.2, 0) is 15.8 Å². The summed E-state index contributed by atoms with van der Waals surface area (Å²) in [6.07, 6.45) is 3.44. The Bertz CT molecular complexity index is 1590. The Labute approximate surface area is 239 Å². The summed E-state index contributed by atoms with van der Waals surface area (Å²) in [6.45, 7) is 9.32. The number of hydrogen-bond donors (Lipinski definition) is 2. The van der Waals surface area contributed by atoms with Crippen molar-refractivity contribution in [3.8, 4) is 0 Å². The normalized spacial score (nSPS) is 19.7. The summed E-state index contributed by atoms with van der Waals surface area (Å²) in [5, 5.41) is 3.95. The van der Waals surface area contributed by atoms with Crippen LogP contribution in [0, 0.1) is 12.8 Å². The quantitative estimate of drug-likeness (QED) is 0.355. The van der Waals surface area contributed by atoms with Crippen LogP contribution in [0.4, 0.5) is 14.6 Å². The van der Waals surface area contributed by atoms with Crippen LogP contribution in [0.5, 0.6) is 0 Å². The van der Waals surface area contributed by atoms with Crippen LogP contribution in [0.25, 0.3) is 11.0 Å². The zero-order valence-corrected chi connectivity index (χ0v) is 24.3. The highest BCUT2D eigenvalue weighted by molar-refractivity contribution is 7.91. The highest BCUT2D eigenvalue weighted by Crippen LogP contribution is 2.42. The van der Waals surface area contributed by atoms with E-state index < -0.39 is 21.7 Å². The maximum Gasteiger partial charge on any atom is 0.276 e. The molecule has 2 saturated heterocycles. The molecule has 1 aromatic carbocycles. The van der Waals surface area contributed by atoms with Gasteiger partial charge in [0.05, 0.1) is 16.9 Å². The summed E-state index contributed by atoms with van der Waals surface area (Å²) in [5.41, 5.74) is 1.29. The number of likely N-dealkylation sites (tertiary alicyclic amines) is 1. The maximum atomic E-state index is 15.6. The number of hydrogen-bond acceptors (Lipinski definition) is 7. The van der Waals surface area contributed by atoms with Gasteiger partial charge in [0.25, 0.3) is 11.5 Å². The van der Waals surface area contributed by atoms with Gasteiger partial charge in [0.15, 0.2) is 0 Å². The van der Waals surface area contributed by atoms with Crippen molar-refractivity contribution in [1.29, 1.82) is 0 Å². The number of H-pyrrole nitrogens is 1. The predicted octanol–water partition coefficient (Wildman–Crippen LogP) is 5.08. The largest absolute Gasteiger partial charge is 0.363 e. The molecule has 2 N–H and O–H groups in total. The lowest BCUT2D eigenvalue weighted by Crippen LogP contribution is -2.39. The van der Waals surface area contributed by atoms with Gasteiger partial charge in [0.1, 0.15) is 27.1 Å². The van der Waals surface area contributed by atoms with Gasteiger partial charge in [-0.3, -0.25) is 9.69 Å². The molecule has 2 aliphatic rings. The van der Waals surface area contributed by atoms with Crippen molar-refractivity contribution in [3.05, 3.63) is 75.9 Å². The van der Waals surface area contributed by atoms with E-state index in [9.17, 15) is 13.2 Å². The number of aryl methyl sites for hydroxylation is 1. The van der Waals surface area contributed by atoms with Crippen LogP contribution in [0.2, 0.25) is 0 Å². The molecule has 4 heterocycles. The summed E-state index contributed by atoms with van der Waals surface area (Å²) in [5.74, 6) is -2.82. The first kappa shape index (κ1) is 29.3. The number of aromatic nitrogens is 3. The van der Waals surface area contributed by atoms with Crippen molar-refractivity contribution in [2.24, 2.45) is 5.92 Å². The SMILES string of the molecule is C=CCN1CCC(C(F)(F)c2cccc(C(C)Nc3nc(C)nc4[nH]c(=O)c(C5CCS(=O)(=O)CC5)cc34)c2)CC1. The van der Waals surface area contributed by atoms with E-state index in [0.717, 1.165) is 0 Å². The summed E-state index contributed by atoms with van der Waals surface area (Å²) in [6, 6.07) is 7.93. The Kier molecular flexibility index (Phi) is 8.29. The fraction of sp³-hybridized carbons (Fsp3) is 0.500. The fourth-order valence-electron chi connectivity index (χ4n) is 6.03. The first-order valence-corrected chi connectivity index (χ1v) is 16.0. The van der Waals surface area contributed by atoms with E-state index in [0.29, 0.717) is 79.1 Å². The maximum absolute atomic E-state index is 15.6. The fourth-order valence-corrected chi connectivity index (χ4v) is 7.52. The Balaban J connectivity index is 1.39. The second-order valence-electron chi connectivity index (χ2n) is 11.3. The lowest BCUT2D eigenvalue weighted by Gasteiger charge is -2.35. The van der Waals surface area contributed by atoms with E-state index in [1.54, 1.807) is 31.2 Å². The van der Waals surface area contributed by atoms with E-state index >= 15 is 8.78 Å². The minimum absolute atomic E-state index is 0.00779. The third-order valence-electron chi connectivity index (χ3n) is 8.46. The highest BCUT2D eigenvalue weighted by Gasteiger charge is 2.42. The summed E-state index contributed by atoms with van der Waals surface area (Å²) in [4.78, 5) is 26.9. The van der Waals surface area contributed by atoms with Crippen LogP contribution in [0.1, 0.15) is 67.1 Å². The van der Waals surface area contributed by atoms with Gasteiger partial charge < -0.3 is 10.3 Å². The Morgan fingerprint density at radius 2 is 1.88 bits per heavy atom. The number of nitrogens with one attached hydrogen (secondary N) is 2. The summed E-state index contributed by atoms with van der Waals surface area (Å²) in [7, 11) is -3.07. The Morgan fingerprint density at radius 3 is 2.56 bits per heavy atom. The van der Waals surface area contributed by atoms with Crippen molar-refractivity contribution in [2.75, 3.05) is 36.5 Å². The number of nitrogens with zero attached hydrogens (tertiary/aromatic N) is 3. The molecule has 0 aliphatic carbocycles. The Morgan fingerprint density at radius 1 is 1.17 bits per heavy atom. The number of alkyl halides is 2. The number of aromatic amines is 1. The van der Waals surface area contributed by atoms with Gasteiger partial charge in [0, 0.05) is 29.6 Å². The van der Waals surface area contributed by atoms with Gasteiger partial charge in [-0.25, -0.2) is 27.2 Å². The Hall–Kier alpha value is -3.18. The van der Waals surface area contributed by atoms with Crippen LogP contribution >= 0.6 is 0 Å². The van der Waals surface area contributed by atoms with Gasteiger partial charge in [-0.15, -0.1) is 6.58 Å². The molecular weight excluding hydrogens is 548 g/mol. The molecule has 0 saturated carbocycles. The molecule has 0 amide bonds. The first-order valence-electron chi connectivity index (χ1n) is 14.2. The lowest BCUT2D eigenvalue weighted by atomic mass is 9.85. The summed E-state index contributed by atoms with van der Waals surface area (Å²) < 4.78 is 55.1. The third kappa shape index (κ3) is 6.35. The molecule has 8 nitrogen and oxygen atoms in total. The van der Waals surface area contributed by atoms with Crippen LogP contribution in [0.3, 0.4) is 0 Å². The van der Waals surface area contributed by atoms with E-state index in [2.05, 4.69) is 31.7 Å². The van der Waals surface area contributed by atoms with Crippen LogP contribution in [-0.4, -0.2) is 59.4 Å². The monoisotopic (exact) mass is 585 g/mol. The average Bonchev–Trinajstić information content (AvgIpc) is 2.93. The first-order chi connectivity index (χ1) is 19.5. The number of fused-ring (bicyclic) bond motifs is 1. The van der Waals surface area contributed by atoms with Crippen molar-refractivity contribution in [3.63, 3.8) is 0 Å². The van der Waals surface area contributed by atoms with Crippen LogP contribution < -0.4 is 10.9 Å². The van der Waals surface area contributed by atoms with Crippen LogP contribution in [0.15, 0.2) is 47.8 Å². The minimum atomic E-state index is -3.07. The molecule has 220 valence electrons. The second kappa shape index (κ2) is 11.6. The van der Waals surface area contributed by atoms with Gasteiger partial charge in [-0.1, -0.05) is 24.3 Å². The topological polar surface area (TPSA) is 108 Å². The zero-order chi connectivity index (χ0) is 29.4. The van der Waals surface area contributed by atoms with Gasteiger partial charge in [0.2, 0.25) is 0 Å². The number of anilines is 1. The van der Waals surface area contributed by atoms with E-state index in [-0.39, 0.29) is 34.6 Å². The zero-order valence-electron chi connectivity index (χ0n) is 23.5. The molecule has 0 radical (unpaired) electrons. The van der Waals surface area contributed by atoms with E-state index in [1.165, 1.54) is 6.07 Å². The van der Waals surface area contributed by atoms with Gasteiger partial charge in [-0.05, 0) is 76.2 Å². The molecule has 2 aromatic heterocycles. The molecule has 5 rings (SSSR count). The second-order valence-corrected chi connectivity index (χ2v) is 13.6. The summed E-state index contributed by atoms with van der Waals surface area (Å²) >= 11 is 0. The smallest absolute Gasteiger partial charge is 0.276 e. The predicted molar refractivity (Wildman–Crippen MR) is 157 cm³/mol. The van der Waals surface area contributed by atoms with Crippen molar-refractivity contribution >= 4 is 26.7 Å².